The van der Waals surface area contributed by atoms with E-state index in [0.717, 1.165) is 27.7 Å². The number of aromatic nitrogens is 3. The number of rotatable bonds is 7. The van der Waals surface area contributed by atoms with Gasteiger partial charge in [-0.2, -0.15) is 0 Å². The summed E-state index contributed by atoms with van der Waals surface area (Å²) in [6.07, 6.45) is 8.42. The maximum atomic E-state index is 11.0. The van der Waals surface area contributed by atoms with Crippen molar-refractivity contribution in [2.24, 2.45) is 0 Å². The number of aliphatic hydroxyl groups excluding tert-OH is 1. The molecule has 1 aromatic carbocycles. The summed E-state index contributed by atoms with van der Waals surface area (Å²) in [5, 5.41) is 21.3. The van der Waals surface area contributed by atoms with E-state index in [1.807, 2.05) is 43.5 Å². The van der Waals surface area contributed by atoms with Crippen LogP contribution in [0.3, 0.4) is 0 Å². The molecule has 2 heterocycles. The molecule has 0 spiro atoms. The van der Waals surface area contributed by atoms with Gasteiger partial charge in [-0.1, -0.05) is 36.4 Å². The Labute approximate surface area is 205 Å². The first-order chi connectivity index (χ1) is 16.4. The van der Waals surface area contributed by atoms with Crippen molar-refractivity contribution in [3.05, 3.63) is 65.2 Å². The van der Waals surface area contributed by atoms with Crippen LogP contribution in [0.4, 0.5) is 0 Å². The van der Waals surface area contributed by atoms with Crippen molar-refractivity contribution in [1.82, 2.24) is 14.5 Å². The zero-order valence-electron chi connectivity index (χ0n) is 19.9. The number of nitrogens with zero attached hydrogens (tertiary/aromatic N) is 3. The quantitative estimate of drug-likeness (QED) is 0.478. The molecule has 3 aromatic rings. The first kappa shape index (κ1) is 24.3. The van der Waals surface area contributed by atoms with Crippen LogP contribution in [-0.2, 0) is 12.2 Å². The van der Waals surface area contributed by atoms with Gasteiger partial charge in [0.1, 0.15) is 24.6 Å². The van der Waals surface area contributed by atoms with Crippen molar-refractivity contribution in [3.63, 3.8) is 0 Å². The molecule has 2 N–H and O–H groups in total. The summed E-state index contributed by atoms with van der Waals surface area (Å²) < 4.78 is 8.30. The maximum Gasteiger partial charge on any atom is 0.173 e. The summed E-state index contributed by atoms with van der Waals surface area (Å²) in [5.41, 5.74) is 3.02. The predicted molar refractivity (Wildman–Crippen MR) is 134 cm³/mol. The highest BCUT2D eigenvalue weighted by Gasteiger charge is 2.31. The van der Waals surface area contributed by atoms with Gasteiger partial charge in [-0.3, -0.25) is 9.55 Å². The monoisotopic (exact) mass is 477 g/mol. The summed E-state index contributed by atoms with van der Waals surface area (Å²) >= 11 is 1.78. The van der Waals surface area contributed by atoms with Crippen LogP contribution in [-0.4, -0.2) is 36.6 Å². The van der Waals surface area contributed by atoms with E-state index in [4.69, 9.17) is 14.8 Å². The summed E-state index contributed by atoms with van der Waals surface area (Å²) in [6.45, 7) is 5.56. The number of aliphatic hydroxyl groups is 2. The first-order valence-electron chi connectivity index (χ1n) is 11.6. The van der Waals surface area contributed by atoms with Crippen molar-refractivity contribution in [1.29, 1.82) is 0 Å². The molecule has 1 fully saturated rings. The van der Waals surface area contributed by atoms with Crippen molar-refractivity contribution in [2.45, 2.75) is 69.1 Å². The minimum absolute atomic E-state index is 0.170. The standard InChI is InChI=1S/C27H31N3O3S/c1-19-16-22(13-12-20(19)8-7-15-31)33-18-24-25(27(2,3)32)29-26(34-23-10-4-5-11-23)30(24)21-9-6-14-28-17-21/h6,9,12-14,16-17,23,31-32H,4-5,10-11,15,18H2,1-3H3. The minimum atomic E-state index is -1.13. The molecule has 0 unspecified atom stereocenters. The zero-order valence-corrected chi connectivity index (χ0v) is 20.7. The second-order valence-corrected chi connectivity index (χ2v) is 10.3. The molecule has 0 atom stereocenters. The van der Waals surface area contributed by atoms with Crippen molar-refractivity contribution < 1.29 is 14.9 Å². The third-order valence-corrected chi connectivity index (χ3v) is 7.16. The molecule has 7 heteroatoms. The number of ether oxygens (including phenoxy) is 1. The highest BCUT2D eigenvalue weighted by molar-refractivity contribution is 7.99. The lowest BCUT2D eigenvalue weighted by molar-refractivity contribution is 0.0715. The van der Waals surface area contributed by atoms with Crippen LogP contribution < -0.4 is 4.74 Å². The van der Waals surface area contributed by atoms with Gasteiger partial charge in [0.15, 0.2) is 5.16 Å². The lowest BCUT2D eigenvalue weighted by Gasteiger charge is -2.19. The van der Waals surface area contributed by atoms with E-state index in [0.29, 0.717) is 16.7 Å². The molecule has 0 saturated heterocycles. The normalized spacial score (nSPS) is 14.1. The largest absolute Gasteiger partial charge is 0.487 e. The van der Waals surface area contributed by atoms with Crippen LogP contribution in [0.1, 0.15) is 62.0 Å². The smallest absolute Gasteiger partial charge is 0.173 e. The lowest BCUT2D eigenvalue weighted by atomic mass is 10.0. The molecule has 34 heavy (non-hydrogen) atoms. The number of hydrogen-bond acceptors (Lipinski definition) is 6. The molecular weight excluding hydrogens is 446 g/mol. The van der Waals surface area contributed by atoms with Crippen LogP contribution in [0.5, 0.6) is 5.75 Å². The molecule has 1 saturated carbocycles. The van der Waals surface area contributed by atoms with Gasteiger partial charge in [0, 0.05) is 17.0 Å². The Kier molecular flexibility index (Phi) is 7.62. The number of aryl methyl sites for hydroxylation is 1. The first-order valence-corrected chi connectivity index (χ1v) is 12.5. The third-order valence-electron chi connectivity index (χ3n) is 5.88. The average molecular weight is 478 g/mol. The summed E-state index contributed by atoms with van der Waals surface area (Å²) in [7, 11) is 0. The van der Waals surface area contributed by atoms with E-state index >= 15 is 0 Å². The molecular formula is C27H31N3O3S. The van der Waals surface area contributed by atoms with Gasteiger partial charge >= 0.3 is 0 Å². The summed E-state index contributed by atoms with van der Waals surface area (Å²) in [4.78, 5) is 9.24. The van der Waals surface area contributed by atoms with E-state index in [9.17, 15) is 5.11 Å². The summed E-state index contributed by atoms with van der Waals surface area (Å²) in [5.74, 6) is 6.34. The SMILES string of the molecule is Cc1cc(OCc2c(C(C)(C)O)nc(SC3CCCC3)n2-c2cccnc2)ccc1C#CCO. The van der Waals surface area contributed by atoms with Gasteiger partial charge in [-0.05, 0) is 69.5 Å². The van der Waals surface area contributed by atoms with Crippen molar-refractivity contribution in [3.8, 4) is 23.3 Å². The van der Waals surface area contributed by atoms with Crippen LogP contribution in [0, 0.1) is 18.8 Å². The van der Waals surface area contributed by atoms with E-state index in [1.54, 1.807) is 31.8 Å². The average Bonchev–Trinajstić information content (AvgIpc) is 3.45. The molecule has 1 aliphatic rings. The second-order valence-electron chi connectivity index (χ2n) is 9.04. The Morgan fingerprint density at radius 1 is 1.24 bits per heavy atom. The van der Waals surface area contributed by atoms with E-state index < -0.39 is 5.60 Å². The highest BCUT2D eigenvalue weighted by Crippen LogP contribution is 2.38. The molecule has 4 rings (SSSR count). The molecule has 0 amide bonds. The third kappa shape index (κ3) is 5.64. The predicted octanol–water partition coefficient (Wildman–Crippen LogP) is 4.76. The number of thioether (sulfide) groups is 1. The van der Waals surface area contributed by atoms with Crippen molar-refractivity contribution in [2.75, 3.05) is 6.61 Å². The molecule has 0 radical (unpaired) electrons. The Morgan fingerprint density at radius 2 is 2.03 bits per heavy atom. The number of imidazole rings is 1. The Morgan fingerprint density at radius 3 is 2.68 bits per heavy atom. The maximum absolute atomic E-state index is 11.0. The molecule has 1 aliphatic carbocycles. The number of benzene rings is 1. The topological polar surface area (TPSA) is 80.4 Å². The Balaban J connectivity index is 1.71. The van der Waals surface area contributed by atoms with Crippen LogP contribution in [0.2, 0.25) is 0 Å². The van der Waals surface area contributed by atoms with Gasteiger partial charge < -0.3 is 14.9 Å². The van der Waals surface area contributed by atoms with Gasteiger partial charge in [0.05, 0.1) is 23.3 Å². The Bertz CT molecular complexity index is 1180. The fraction of sp³-hybridized carbons (Fsp3) is 0.407. The van der Waals surface area contributed by atoms with E-state index in [2.05, 4.69) is 21.4 Å². The van der Waals surface area contributed by atoms with Crippen LogP contribution in [0.15, 0.2) is 47.9 Å². The van der Waals surface area contributed by atoms with Gasteiger partial charge in [0.2, 0.25) is 0 Å². The van der Waals surface area contributed by atoms with Crippen LogP contribution >= 0.6 is 11.8 Å². The zero-order chi connectivity index (χ0) is 24.1. The molecule has 0 aliphatic heterocycles. The summed E-state index contributed by atoms with van der Waals surface area (Å²) in [6, 6.07) is 9.61. The van der Waals surface area contributed by atoms with Crippen LogP contribution in [0.25, 0.3) is 5.69 Å². The number of pyridine rings is 1. The van der Waals surface area contributed by atoms with Gasteiger partial charge in [-0.15, -0.1) is 0 Å². The molecule has 178 valence electrons. The molecule has 2 aromatic heterocycles. The van der Waals surface area contributed by atoms with Gasteiger partial charge in [-0.25, -0.2) is 4.98 Å². The molecule has 0 bridgehead atoms. The Hall–Kier alpha value is -2.79. The molecule has 6 nitrogen and oxygen atoms in total. The fourth-order valence-corrected chi connectivity index (χ4v) is 5.53. The number of hydrogen-bond donors (Lipinski definition) is 2. The van der Waals surface area contributed by atoms with Crippen molar-refractivity contribution >= 4 is 11.8 Å². The lowest BCUT2D eigenvalue weighted by Crippen LogP contribution is -2.20. The minimum Gasteiger partial charge on any atom is -0.487 e. The highest BCUT2D eigenvalue weighted by atomic mass is 32.2. The second kappa shape index (κ2) is 10.6. The fourth-order valence-electron chi connectivity index (χ4n) is 4.19. The van der Waals surface area contributed by atoms with E-state index in [1.165, 1.54) is 25.7 Å². The van der Waals surface area contributed by atoms with E-state index in [-0.39, 0.29) is 13.2 Å². The van der Waals surface area contributed by atoms with Gasteiger partial charge in [0.25, 0.3) is 0 Å².